The van der Waals surface area contributed by atoms with Crippen LogP contribution < -0.4 is 15.5 Å². The van der Waals surface area contributed by atoms with Crippen molar-refractivity contribution in [2.75, 3.05) is 28.6 Å². The lowest BCUT2D eigenvalue weighted by atomic mass is 10.1. The zero-order valence-corrected chi connectivity index (χ0v) is 16.5. The summed E-state index contributed by atoms with van der Waals surface area (Å²) in [4.78, 5) is 35.6. The Hall–Kier alpha value is -3.63. The van der Waals surface area contributed by atoms with Gasteiger partial charge in [-0.3, -0.25) is 19.7 Å². The van der Waals surface area contributed by atoms with Gasteiger partial charge >= 0.3 is 6.18 Å². The Balaban J connectivity index is 1.59. The Morgan fingerprint density at radius 3 is 2.58 bits per heavy atom. The molecule has 0 fully saturated rings. The number of anilines is 3. The average molecular weight is 436 g/mol. The monoisotopic (exact) mass is 436 g/mol. The van der Waals surface area contributed by atoms with Crippen molar-refractivity contribution >= 4 is 34.6 Å². The lowest BCUT2D eigenvalue weighted by Gasteiger charge is -2.15. The largest absolute Gasteiger partial charge is 0.416 e. The third-order valence-corrected chi connectivity index (χ3v) is 4.83. The molecule has 0 saturated carbocycles. The number of halogens is 3. The minimum atomic E-state index is -4.69. The van der Waals surface area contributed by atoms with Gasteiger partial charge in [-0.15, -0.1) is 0 Å². The van der Waals surface area contributed by atoms with E-state index < -0.39 is 22.4 Å². The van der Waals surface area contributed by atoms with E-state index in [1.54, 1.807) is 23.1 Å². The standard InChI is InChI=1S/C20H19F3N4O4/c1-12(28)26-9-7-13-10-15(3-5-17(13)26)25-19(29)6-8-24-16-4-2-14(20(21,22)23)11-18(16)27(30)31/h2-5,10-11,24H,6-9H2,1H3,(H,25,29). The van der Waals surface area contributed by atoms with Gasteiger partial charge in [0.25, 0.3) is 5.69 Å². The first kappa shape index (κ1) is 22.1. The molecule has 0 aromatic heterocycles. The summed E-state index contributed by atoms with van der Waals surface area (Å²) in [5, 5.41) is 16.4. The van der Waals surface area contributed by atoms with Crippen LogP contribution in [0.3, 0.4) is 0 Å². The third kappa shape index (κ3) is 5.11. The summed E-state index contributed by atoms with van der Waals surface area (Å²) in [6, 6.07) is 7.38. The molecule has 0 spiro atoms. The average Bonchev–Trinajstić information content (AvgIpc) is 3.10. The van der Waals surface area contributed by atoms with E-state index in [1.807, 2.05) is 0 Å². The molecule has 1 aliphatic heterocycles. The molecule has 2 aromatic carbocycles. The molecule has 8 nitrogen and oxygen atoms in total. The summed E-state index contributed by atoms with van der Waals surface area (Å²) >= 11 is 0. The van der Waals surface area contributed by atoms with Gasteiger partial charge < -0.3 is 15.5 Å². The summed E-state index contributed by atoms with van der Waals surface area (Å²) in [6.07, 6.45) is -4.08. The van der Waals surface area contributed by atoms with Crippen molar-refractivity contribution in [2.24, 2.45) is 0 Å². The van der Waals surface area contributed by atoms with E-state index in [1.165, 1.54) is 6.92 Å². The van der Waals surface area contributed by atoms with Crippen LogP contribution in [-0.2, 0) is 22.2 Å². The number of benzene rings is 2. The minimum absolute atomic E-state index is 0.0128. The van der Waals surface area contributed by atoms with Crippen LogP contribution in [0.15, 0.2) is 36.4 Å². The number of amides is 2. The zero-order valence-electron chi connectivity index (χ0n) is 16.5. The van der Waals surface area contributed by atoms with Crippen molar-refractivity contribution in [3.05, 3.63) is 57.6 Å². The van der Waals surface area contributed by atoms with E-state index in [-0.39, 0.29) is 30.5 Å². The SMILES string of the molecule is CC(=O)N1CCc2cc(NC(=O)CCNc3ccc(C(F)(F)F)cc3[N+](=O)[O-])ccc21. The fourth-order valence-corrected chi connectivity index (χ4v) is 3.35. The van der Waals surface area contributed by atoms with E-state index in [4.69, 9.17) is 0 Å². The second kappa shape index (κ2) is 8.62. The Kier molecular flexibility index (Phi) is 6.14. The van der Waals surface area contributed by atoms with Crippen LogP contribution in [0.4, 0.5) is 35.9 Å². The maximum atomic E-state index is 12.8. The number of hydrogen-bond acceptors (Lipinski definition) is 5. The maximum Gasteiger partial charge on any atom is 0.416 e. The molecule has 164 valence electrons. The maximum absolute atomic E-state index is 12.8. The number of fused-ring (bicyclic) bond motifs is 1. The molecule has 0 saturated heterocycles. The number of hydrogen-bond donors (Lipinski definition) is 2. The normalized spacial score (nSPS) is 13.0. The molecule has 0 aliphatic carbocycles. The van der Waals surface area contributed by atoms with Gasteiger partial charge in [0.2, 0.25) is 11.8 Å². The second-order valence-electron chi connectivity index (χ2n) is 6.98. The highest BCUT2D eigenvalue weighted by Gasteiger charge is 2.33. The van der Waals surface area contributed by atoms with Crippen molar-refractivity contribution in [1.29, 1.82) is 0 Å². The van der Waals surface area contributed by atoms with E-state index in [0.717, 1.165) is 23.4 Å². The second-order valence-corrected chi connectivity index (χ2v) is 6.98. The Bertz CT molecular complexity index is 1040. The van der Waals surface area contributed by atoms with Crippen LogP contribution in [0.1, 0.15) is 24.5 Å². The number of nitro groups is 1. The van der Waals surface area contributed by atoms with Crippen molar-refractivity contribution in [3.8, 4) is 0 Å². The molecule has 11 heteroatoms. The van der Waals surface area contributed by atoms with Gasteiger partial charge in [0, 0.05) is 43.9 Å². The third-order valence-electron chi connectivity index (χ3n) is 4.83. The fraction of sp³-hybridized carbons (Fsp3) is 0.300. The minimum Gasteiger partial charge on any atom is -0.379 e. The van der Waals surface area contributed by atoms with Gasteiger partial charge in [-0.2, -0.15) is 13.2 Å². The van der Waals surface area contributed by atoms with E-state index in [2.05, 4.69) is 10.6 Å². The van der Waals surface area contributed by atoms with Gasteiger partial charge in [0.1, 0.15) is 5.69 Å². The topological polar surface area (TPSA) is 105 Å². The van der Waals surface area contributed by atoms with Crippen molar-refractivity contribution < 1.29 is 27.7 Å². The number of alkyl halides is 3. The van der Waals surface area contributed by atoms with Crippen LogP contribution in [0.5, 0.6) is 0 Å². The molecule has 0 atom stereocenters. The number of rotatable bonds is 6. The summed E-state index contributed by atoms with van der Waals surface area (Å²) in [6.45, 7) is 2.05. The molecule has 2 aromatic rings. The molecule has 3 rings (SSSR count). The fourth-order valence-electron chi connectivity index (χ4n) is 3.35. The van der Waals surface area contributed by atoms with Crippen LogP contribution >= 0.6 is 0 Å². The Morgan fingerprint density at radius 2 is 1.94 bits per heavy atom. The summed E-state index contributed by atoms with van der Waals surface area (Å²) in [7, 11) is 0. The highest BCUT2D eigenvalue weighted by molar-refractivity contribution is 5.95. The smallest absolute Gasteiger partial charge is 0.379 e. The van der Waals surface area contributed by atoms with Crippen LogP contribution in [0.2, 0.25) is 0 Å². The summed E-state index contributed by atoms with van der Waals surface area (Å²) in [5.74, 6) is -0.428. The molecule has 31 heavy (non-hydrogen) atoms. The Labute approximate surface area is 175 Å². The van der Waals surface area contributed by atoms with Crippen molar-refractivity contribution in [1.82, 2.24) is 0 Å². The van der Waals surface area contributed by atoms with Gasteiger partial charge in [0.15, 0.2) is 0 Å². The van der Waals surface area contributed by atoms with Gasteiger partial charge in [-0.05, 0) is 42.3 Å². The zero-order chi connectivity index (χ0) is 22.8. The lowest BCUT2D eigenvalue weighted by molar-refractivity contribution is -0.384. The number of nitrogens with one attached hydrogen (secondary N) is 2. The first-order valence-electron chi connectivity index (χ1n) is 9.36. The molecular weight excluding hydrogens is 417 g/mol. The quantitative estimate of drug-likeness (QED) is 0.527. The highest BCUT2D eigenvalue weighted by Crippen LogP contribution is 2.35. The predicted molar refractivity (Wildman–Crippen MR) is 108 cm³/mol. The first-order valence-corrected chi connectivity index (χ1v) is 9.36. The lowest BCUT2D eigenvalue weighted by Crippen LogP contribution is -2.25. The van der Waals surface area contributed by atoms with E-state index in [9.17, 15) is 32.9 Å². The number of nitrogens with zero attached hydrogens (tertiary/aromatic N) is 2. The van der Waals surface area contributed by atoms with Crippen molar-refractivity contribution in [3.63, 3.8) is 0 Å². The summed E-state index contributed by atoms with van der Waals surface area (Å²) in [5.41, 5.74) is 0.349. The van der Waals surface area contributed by atoms with Gasteiger partial charge in [0.05, 0.1) is 10.5 Å². The number of carbonyl (C=O) groups excluding carboxylic acids is 2. The number of carbonyl (C=O) groups is 2. The first-order chi connectivity index (χ1) is 14.6. The van der Waals surface area contributed by atoms with Gasteiger partial charge in [-0.25, -0.2) is 0 Å². The molecular formula is C20H19F3N4O4. The molecule has 2 N–H and O–H groups in total. The predicted octanol–water partition coefficient (Wildman–Crippen LogP) is 3.96. The van der Waals surface area contributed by atoms with E-state index >= 15 is 0 Å². The Morgan fingerprint density at radius 1 is 1.19 bits per heavy atom. The van der Waals surface area contributed by atoms with Crippen LogP contribution in [0, 0.1) is 10.1 Å². The molecule has 1 aliphatic rings. The number of nitro benzene ring substituents is 1. The molecule has 0 bridgehead atoms. The summed E-state index contributed by atoms with van der Waals surface area (Å²) < 4.78 is 38.3. The van der Waals surface area contributed by atoms with Crippen LogP contribution in [0.25, 0.3) is 0 Å². The van der Waals surface area contributed by atoms with Gasteiger partial charge in [-0.1, -0.05) is 0 Å². The van der Waals surface area contributed by atoms with Crippen molar-refractivity contribution in [2.45, 2.75) is 25.9 Å². The van der Waals surface area contributed by atoms with Crippen LogP contribution in [-0.4, -0.2) is 29.8 Å². The molecule has 1 heterocycles. The highest BCUT2D eigenvalue weighted by atomic mass is 19.4. The van der Waals surface area contributed by atoms with E-state index in [0.29, 0.717) is 24.7 Å². The molecule has 0 unspecified atom stereocenters. The molecule has 0 radical (unpaired) electrons. The molecule has 2 amide bonds.